The van der Waals surface area contributed by atoms with E-state index in [4.69, 9.17) is 9.84 Å². The van der Waals surface area contributed by atoms with E-state index in [1.54, 1.807) is 13.8 Å². The second-order valence-electron chi connectivity index (χ2n) is 4.66. The number of amides is 1. The van der Waals surface area contributed by atoms with Gasteiger partial charge >= 0.3 is 0 Å². The lowest BCUT2D eigenvalue weighted by atomic mass is 10.0. The maximum absolute atomic E-state index is 13.7. The Morgan fingerprint density at radius 2 is 2.17 bits per heavy atom. The van der Waals surface area contributed by atoms with Gasteiger partial charge in [0.15, 0.2) is 0 Å². The van der Waals surface area contributed by atoms with Gasteiger partial charge in [-0.25, -0.2) is 4.39 Å². The van der Waals surface area contributed by atoms with E-state index in [0.29, 0.717) is 12.2 Å². The van der Waals surface area contributed by atoms with Gasteiger partial charge < -0.3 is 15.2 Å². The predicted octanol–water partition coefficient (Wildman–Crippen LogP) is 1.73. The van der Waals surface area contributed by atoms with Crippen LogP contribution in [0, 0.1) is 5.82 Å². The highest BCUT2D eigenvalue weighted by Gasteiger charge is 2.22. The number of nitrogens with one attached hydrogen (secondary N) is 1. The molecule has 1 rings (SSSR count). The Hall–Kier alpha value is -1.62. The van der Waals surface area contributed by atoms with Gasteiger partial charge in [0.25, 0.3) is 5.91 Å². The summed E-state index contributed by atoms with van der Waals surface area (Å²) in [5.41, 5.74) is -0.625. The van der Waals surface area contributed by atoms with Crippen LogP contribution in [-0.2, 0) is 0 Å². The van der Waals surface area contributed by atoms with Crippen LogP contribution in [0.4, 0.5) is 4.39 Å². The molecule has 100 valence electrons. The molecule has 0 fully saturated rings. The third-order valence-electron chi connectivity index (χ3n) is 2.61. The SMILES string of the molecule is COc1ccc(C(=O)NC(C)(C)CCO)c(F)c1. The summed E-state index contributed by atoms with van der Waals surface area (Å²) >= 11 is 0. The first kappa shape index (κ1) is 14.4. The number of benzene rings is 1. The van der Waals surface area contributed by atoms with Gasteiger partial charge in [-0.15, -0.1) is 0 Å². The summed E-state index contributed by atoms with van der Waals surface area (Å²) in [7, 11) is 1.43. The molecule has 2 N–H and O–H groups in total. The van der Waals surface area contributed by atoms with Crippen molar-refractivity contribution < 1.29 is 19.0 Å². The van der Waals surface area contributed by atoms with Crippen LogP contribution in [0.3, 0.4) is 0 Å². The lowest BCUT2D eigenvalue weighted by molar-refractivity contribution is 0.0895. The molecule has 0 radical (unpaired) electrons. The first-order valence-corrected chi connectivity index (χ1v) is 5.66. The molecule has 0 unspecified atom stereocenters. The number of carbonyl (C=O) groups is 1. The molecular formula is C13H18FNO3. The number of carbonyl (C=O) groups excluding carboxylic acids is 1. The minimum Gasteiger partial charge on any atom is -0.497 e. The number of hydrogen-bond donors (Lipinski definition) is 2. The highest BCUT2D eigenvalue weighted by Crippen LogP contribution is 2.17. The number of aliphatic hydroxyl groups excluding tert-OH is 1. The fourth-order valence-electron chi connectivity index (χ4n) is 1.52. The quantitative estimate of drug-likeness (QED) is 0.842. The zero-order valence-electron chi connectivity index (χ0n) is 10.8. The number of halogens is 1. The lowest BCUT2D eigenvalue weighted by Gasteiger charge is -2.25. The number of hydrogen-bond acceptors (Lipinski definition) is 3. The van der Waals surface area contributed by atoms with Gasteiger partial charge in [-0.1, -0.05) is 0 Å². The molecule has 0 aromatic heterocycles. The van der Waals surface area contributed by atoms with Crippen LogP contribution in [0.5, 0.6) is 5.75 Å². The van der Waals surface area contributed by atoms with Crippen molar-refractivity contribution in [3.05, 3.63) is 29.6 Å². The smallest absolute Gasteiger partial charge is 0.254 e. The molecule has 0 aliphatic carbocycles. The summed E-state index contributed by atoms with van der Waals surface area (Å²) in [6, 6.07) is 4.06. The molecule has 0 heterocycles. The van der Waals surface area contributed by atoms with Crippen molar-refractivity contribution in [1.29, 1.82) is 0 Å². The normalized spacial score (nSPS) is 11.2. The molecule has 0 saturated carbocycles. The number of ether oxygens (including phenoxy) is 1. The van der Waals surface area contributed by atoms with Gasteiger partial charge in [0.1, 0.15) is 11.6 Å². The molecule has 5 heteroatoms. The third-order valence-corrected chi connectivity index (χ3v) is 2.61. The van der Waals surface area contributed by atoms with Crippen molar-refractivity contribution in [2.45, 2.75) is 25.8 Å². The van der Waals surface area contributed by atoms with Crippen LogP contribution in [0.25, 0.3) is 0 Å². The molecule has 4 nitrogen and oxygen atoms in total. The van der Waals surface area contributed by atoms with Gasteiger partial charge in [0.2, 0.25) is 0 Å². The zero-order valence-corrected chi connectivity index (χ0v) is 10.8. The van der Waals surface area contributed by atoms with Crippen LogP contribution in [0.2, 0.25) is 0 Å². The molecule has 18 heavy (non-hydrogen) atoms. The Morgan fingerprint density at radius 3 is 2.67 bits per heavy atom. The summed E-state index contributed by atoms with van der Waals surface area (Å²) in [5.74, 6) is -0.779. The Bertz CT molecular complexity index is 432. The Balaban J connectivity index is 2.85. The van der Waals surface area contributed by atoms with Crippen LogP contribution < -0.4 is 10.1 Å². The number of aliphatic hydroxyl groups is 1. The second-order valence-corrected chi connectivity index (χ2v) is 4.66. The van der Waals surface area contributed by atoms with Crippen LogP contribution >= 0.6 is 0 Å². The standard InChI is InChI=1S/C13H18FNO3/c1-13(2,6-7-16)15-12(17)10-5-4-9(18-3)8-11(10)14/h4-5,8,16H,6-7H2,1-3H3,(H,15,17). The molecular weight excluding hydrogens is 237 g/mol. The van der Waals surface area contributed by atoms with E-state index in [1.807, 2.05) is 0 Å². The van der Waals surface area contributed by atoms with Crippen molar-refractivity contribution in [1.82, 2.24) is 5.32 Å². The van der Waals surface area contributed by atoms with Crippen molar-refractivity contribution in [3.8, 4) is 5.75 Å². The highest BCUT2D eigenvalue weighted by molar-refractivity contribution is 5.95. The fraction of sp³-hybridized carbons (Fsp3) is 0.462. The molecule has 0 aliphatic heterocycles. The lowest BCUT2D eigenvalue weighted by Crippen LogP contribution is -2.44. The molecule has 0 aliphatic rings. The average Bonchev–Trinajstić information content (AvgIpc) is 2.27. The highest BCUT2D eigenvalue weighted by atomic mass is 19.1. The maximum Gasteiger partial charge on any atom is 0.254 e. The van der Waals surface area contributed by atoms with Crippen LogP contribution in [0.1, 0.15) is 30.6 Å². The van der Waals surface area contributed by atoms with Gasteiger partial charge in [0, 0.05) is 18.2 Å². The van der Waals surface area contributed by atoms with E-state index in [9.17, 15) is 9.18 Å². The van der Waals surface area contributed by atoms with E-state index in [2.05, 4.69) is 5.32 Å². The van der Waals surface area contributed by atoms with Gasteiger partial charge in [-0.05, 0) is 32.4 Å². The molecule has 0 saturated heterocycles. The summed E-state index contributed by atoms with van der Waals surface area (Å²) in [4.78, 5) is 11.9. The Kier molecular flexibility index (Phi) is 4.67. The average molecular weight is 255 g/mol. The van der Waals surface area contributed by atoms with Gasteiger partial charge in [0.05, 0.1) is 12.7 Å². The molecule has 1 amide bonds. The fourth-order valence-corrected chi connectivity index (χ4v) is 1.52. The largest absolute Gasteiger partial charge is 0.497 e. The van der Waals surface area contributed by atoms with Crippen molar-refractivity contribution in [2.24, 2.45) is 0 Å². The maximum atomic E-state index is 13.7. The van der Waals surface area contributed by atoms with Crippen LogP contribution in [0.15, 0.2) is 18.2 Å². The second kappa shape index (κ2) is 5.82. The molecule has 1 aromatic carbocycles. The van der Waals surface area contributed by atoms with Crippen molar-refractivity contribution >= 4 is 5.91 Å². The predicted molar refractivity (Wildman–Crippen MR) is 66.2 cm³/mol. The topological polar surface area (TPSA) is 58.6 Å². The van der Waals surface area contributed by atoms with Crippen molar-refractivity contribution in [2.75, 3.05) is 13.7 Å². The van der Waals surface area contributed by atoms with Crippen LogP contribution in [-0.4, -0.2) is 30.3 Å². The first-order valence-electron chi connectivity index (χ1n) is 5.66. The van der Waals surface area contributed by atoms with Gasteiger partial charge in [-0.2, -0.15) is 0 Å². The first-order chi connectivity index (χ1) is 8.39. The summed E-state index contributed by atoms with van der Waals surface area (Å²) < 4.78 is 18.5. The molecule has 0 bridgehead atoms. The molecule has 0 atom stereocenters. The Morgan fingerprint density at radius 1 is 1.50 bits per heavy atom. The zero-order chi connectivity index (χ0) is 13.8. The molecule has 0 spiro atoms. The number of methoxy groups -OCH3 is 1. The number of rotatable bonds is 5. The van der Waals surface area contributed by atoms with Crippen molar-refractivity contribution in [3.63, 3.8) is 0 Å². The van der Waals surface area contributed by atoms with E-state index < -0.39 is 17.3 Å². The Labute approximate surface area is 106 Å². The monoisotopic (exact) mass is 255 g/mol. The summed E-state index contributed by atoms with van der Waals surface area (Å²) in [6.07, 6.45) is 0.399. The van der Waals surface area contributed by atoms with E-state index >= 15 is 0 Å². The van der Waals surface area contributed by atoms with E-state index in [0.717, 1.165) is 6.07 Å². The van der Waals surface area contributed by atoms with E-state index in [-0.39, 0.29) is 12.2 Å². The summed E-state index contributed by atoms with van der Waals surface area (Å²) in [6.45, 7) is 3.49. The van der Waals surface area contributed by atoms with Gasteiger partial charge in [-0.3, -0.25) is 4.79 Å². The third kappa shape index (κ3) is 3.70. The minimum atomic E-state index is -0.633. The molecule has 1 aromatic rings. The minimum absolute atomic E-state index is 0.0400. The summed E-state index contributed by atoms with van der Waals surface area (Å²) in [5, 5.41) is 11.5. The van der Waals surface area contributed by atoms with E-state index in [1.165, 1.54) is 19.2 Å².